The summed E-state index contributed by atoms with van der Waals surface area (Å²) in [6.45, 7) is 1.28. The topological polar surface area (TPSA) is 85.9 Å². The molecular formula is C24H23F3N6O. The van der Waals surface area contributed by atoms with Crippen molar-refractivity contribution >= 4 is 28.4 Å². The lowest BCUT2D eigenvalue weighted by Crippen LogP contribution is -2.31. The summed E-state index contributed by atoms with van der Waals surface area (Å²) >= 11 is 0. The van der Waals surface area contributed by atoms with Gasteiger partial charge >= 0.3 is 6.18 Å². The maximum atomic E-state index is 12.8. The van der Waals surface area contributed by atoms with Gasteiger partial charge < -0.3 is 20.5 Å². The van der Waals surface area contributed by atoms with Crippen molar-refractivity contribution < 1.29 is 18.0 Å². The molecule has 176 valence electrons. The van der Waals surface area contributed by atoms with Gasteiger partial charge in [-0.05, 0) is 56.6 Å². The number of anilines is 2. The van der Waals surface area contributed by atoms with Crippen LogP contribution in [0.25, 0.3) is 22.2 Å². The van der Waals surface area contributed by atoms with Crippen molar-refractivity contribution in [3.63, 3.8) is 0 Å². The Hall–Kier alpha value is -3.92. The van der Waals surface area contributed by atoms with Gasteiger partial charge in [-0.1, -0.05) is 12.1 Å². The number of carbonyl (C=O) groups excluding carboxylic acids is 1. The number of carbonyl (C=O) groups is 1. The minimum absolute atomic E-state index is 0.180. The second-order valence-electron chi connectivity index (χ2n) is 8.01. The Morgan fingerprint density at radius 2 is 1.82 bits per heavy atom. The predicted molar refractivity (Wildman–Crippen MR) is 125 cm³/mol. The number of likely N-dealkylation sites (N-methyl/N-ethyl adjacent to an activating group) is 1. The molecule has 0 radical (unpaired) electrons. The summed E-state index contributed by atoms with van der Waals surface area (Å²) in [5, 5.41) is 6.81. The first kappa shape index (κ1) is 23.2. The van der Waals surface area contributed by atoms with Gasteiger partial charge in [0.05, 0.1) is 11.3 Å². The van der Waals surface area contributed by atoms with Crippen LogP contribution < -0.4 is 10.6 Å². The van der Waals surface area contributed by atoms with Crippen molar-refractivity contribution in [3.8, 4) is 11.3 Å². The van der Waals surface area contributed by atoms with Gasteiger partial charge in [0.25, 0.3) is 5.91 Å². The van der Waals surface area contributed by atoms with Gasteiger partial charge in [-0.2, -0.15) is 13.2 Å². The number of halogens is 3. The largest absolute Gasteiger partial charge is 0.416 e. The smallest absolute Gasteiger partial charge is 0.351 e. The average molecular weight is 468 g/mol. The summed E-state index contributed by atoms with van der Waals surface area (Å²) in [6.07, 6.45) is -2.85. The van der Waals surface area contributed by atoms with Gasteiger partial charge in [-0.25, -0.2) is 9.97 Å². The molecule has 0 atom stereocenters. The van der Waals surface area contributed by atoms with E-state index in [9.17, 15) is 18.0 Å². The number of hydrogen-bond donors (Lipinski definition) is 3. The van der Waals surface area contributed by atoms with Crippen molar-refractivity contribution in [1.29, 1.82) is 0 Å². The first-order chi connectivity index (χ1) is 16.2. The number of rotatable bonds is 7. The van der Waals surface area contributed by atoms with Gasteiger partial charge in [0.1, 0.15) is 5.69 Å². The minimum Gasteiger partial charge on any atom is -0.351 e. The van der Waals surface area contributed by atoms with Crippen molar-refractivity contribution in [3.05, 3.63) is 72.1 Å². The summed E-state index contributed by atoms with van der Waals surface area (Å²) < 4.78 is 38.4. The van der Waals surface area contributed by atoms with Gasteiger partial charge in [-0.3, -0.25) is 4.79 Å². The number of benzene rings is 2. The molecule has 0 bridgehead atoms. The molecule has 0 saturated heterocycles. The zero-order chi connectivity index (χ0) is 24.3. The molecule has 4 rings (SSSR count). The normalized spacial score (nSPS) is 11.7. The van der Waals surface area contributed by atoms with E-state index in [-0.39, 0.29) is 5.91 Å². The molecule has 0 saturated carbocycles. The molecule has 34 heavy (non-hydrogen) atoms. The zero-order valence-corrected chi connectivity index (χ0v) is 18.6. The quantitative estimate of drug-likeness (QED) is 0.367. The van der Waals surface area contributed by atoms with Crippen LogP contribution in [0.15, 0.2) is 60.8 Å². The number of fused-ring (bicyclic) bond motifs is 1. The lowest BCUT2D eigenvalue weighted by Gasteiger charge is -2.09. The van der Waals surface area contributed by atoms with Gasteiger partial charge in [0.15, 0.2) is 0 Å². The Kier molecular flexibility index (Phi) is 6.51. The molecule has 1 amide bonds. The van der Waals surface area contributed by atoms with Crippen molar-refractivity contribution in [1.82, 2.24) is 25.2 Å². The SMILES string of the molecule is CN(C)CCNC(=O)c1cc2cc(Nc3nccc(-c4ccc(C(F)(F)F)cc4)n3)ccc2[nH]1. The van der Waals surface area contributed by atoms with E-state index in [4.69, 9.17) is 0 Å². The molecule has 0 fully saturated rings. The molecule has 0 aliphatic heterocycles. The molecule has 4 aromatic rings. The number of aromatic nitrogens is 3. The second-order valence-corrected chi connectivity index (χ2v) is 8.01. The van der Waals surface area contributed by atoms with Crippen LogP contribution in [0.5, 0.6) is 0 Å². The van der Waals surface area contributed by atoms with E-state index in [1.165, 1.54) is 18.3 Å². The lowest BCUT2D eigenvalue weighted by atomic mass is 10.1. The number of alkyl halides is 3. The van der Waals surface area contributed by atoms with Crippen LogP contribution in [0.3, 0.4) is 0 Å². The molecule has 2 aromatic carbocycles. The molecule has 0 unspecified atom stereocenters. The lowest BCUT2D eigenvalue weighted by molar-refractivity contribution is -0.137. The monoisotopic (exact) mass is 468 g/mol. The van der Waals surface area contributed by atoms with Crippen LogP contribution in [0.4, 0.5) is 24.8 Å². The fourth-order valence-corrected chi connectivity index (χ4v) is 3.36. The van der Waals surface area contributed by atoms with Crippen molar-refractivity contribution in [2.24, 2.45) is 0 Å². The zero-order valence-electron chi connectivity index (χ0n) is 18.6. The summed E-state index contributed by atoms with van der Waals surface area (Å²) in [4.78, 5) is 26.1. The highest BCUT2D eigenvalue weighted by atomic mass is 19.4. The third-order valence-corrected chi connectivity index (χ3v) is 5.13. The summed E-state index contributed by atoms with van der Waals surface area (Å²) in [5.74, 6) is 0.120. The fourth-order valence-electron chi connectivity index (χ4n) is 3.36. The number of H-pyrrole nitrogens is 1. The van der Waals surface area contributed by atoms with Crippen molar-refractivity contribution in [2.45, 2.75) is 6.18 Å². The van der Waals surface area contributed by atoms with E-state index in [0.717, 1.165) is 29.6 Å². The Balaban J connectivity index is 1.49. The third-order valence-electron chi connectivity index (χ3n) is 5.13. The fraction of sp³-hybridized carbons (Fsp3) is 0.208. The van der Waals surface area contributed by atoms with Crippen LogP contribution in [0.1, 0.15) is 16.1 Å². The third kappa shape index (κ3) is 5.52. The second kappa shape index (κ2) is 9.52. The number of amides is 1. The first-order valence-corrected chi connectivity index (χ1v) is 10.5. The minimum atomic E-state index is -4.39. The maximum absolute atomic E-state index is 12.8. The van der Waals surface area contributed by atoms with Gasteiger partial charge in [0, 0.05) is 41.4 Å². The highest BCUT2D eigenvalue weighted by molar-refractivity contribution is 5.98. The molecule has 0 aliphatic rings. The van der Waals surface area contributed by atoms with E-state index in [0.29, 0.717) is 35.1 Å². The van der Waals surface area contributed by atoms with Crippen LogP contribution in [0.2, 0.25) is 0 Å². The van der Waals surface area contributed by atoms with Crippen LogP contribution >= 0.6 is 0 Å². The van der Waals surface area contributed by atoms with Crippen LogP contribution in [-0.2, 0) is 6.18 Å². The Bertz CT molecular complexity index is 1300. The molecular weight excluding hydrogens is 445 g/mol. The van der Waals surface area contributed by atoms with Gasteiger partial charge in [-0.15, -0.1) is 0 Å². The Labute approximate surface area is 194 Å². The van der Waals surface area contributed by atoms with Crippen LogP contribution in [0, 0.1) is 0 Å². The molecule has 3 N–H and O–H groups in total. The van der Waals surface area contributed by atoms with E-state index in [1.807, 2.05) is 37.2 Å². The molecule has 0 aliphatic carbocycles. The Morgan fingerprint density at radius 3 is 2.53 bits per heavy atom. The highest BCUT2D eigenvalue weighted by Gasteiger charge is 2.30. The highest BCUT2D eigenvalue weighted by Crippen LogP contribution is 2.31. The number of nitrogens with zero attached hydrogens (tertiary/aromatic N) is 3. The van der Waals surface area contributed by atoms with E-state index >= 15 is 0 Å². The summed E-state index contributed by atoms with van der Waals surface area (Å²) in [5.41, 5.74) is 2.30. The average Bonchev–Trinajstić information content (AvgIpc) is 3.22. The number of nitrogens with one attached hydrogen (secondary N) is 3. The van der Waals surface area contributed by atoms with E-state index < -0.39 is 11.7 Å². The molecule has 2 heterocycles. The summed E-state index contributed by atoms with van der Waals surface area (Å²) in [6, 6.07) is 13.7. The van der Waals surface area contributed by atoms with E-state index in [1.54, 1.807) is 12.1 Å². The molecule has 2 aromatic heterocycles. The first-order valence-electron chi connectivity index (χ1n) is 10.5. The van der Waals surface area contributed by atoms with Gasteiger partial charge in [0.2, 0.25) is 5.95 Å². The molecule has 10 heteroatoms. The summed E-state index contributed by atoms with van der Waals surface area (Å²) in [7, 11) is 3.87. The standard InChI is InChI=1S/C24H23F3N6O/c1-33(2)12-11-28-22(34)21-14-16-13-18(7-8-19(16)31-21)30-23-29-10-9-20(32-23)15-3-5-17(6-4-15)24(25,26)27/h3-10,13-14,31H,11-12H2,1-2H3,(H,28,34)(H,29,30,32). The molecule has 0 spiro atoms. The van der Waals surface area contributed by atoms with Crippen LogP contribution in [-0.4, -0.2) is 52.9 Å². The Morgan fingerprint density at radius 1 is 1.06 bits per heavy atom. The number of hydrogen-bond acceptors (Lipinski definition) is 5. The van der Waals surface area contributed by atoms with Crippen molar-refractivity contribution in [2.75, 3.05) is 32.5 Å². The van der Waals surface area contributed by atoms with E-state index in [2.05, 4.69) is 25.6 Å². The maximum Gasteiger partial charge on any atom is 0.416 e. The number of aromatic amines is 1. The molecule has 7 nitrogen and oxygen atoms in total. The predicted octanol–water partition coefficient (Wildman–Crippen LogP) is 4.68.